The van der Waals surface area contributed by atoms with Crippen molar-refractivity contribution in [2.45, 2.75) is 19.3 Å². The number of amides is 1. The van der Waals surface area contributed by atoms with Gasteiger partial charge in [0.15, 0.2) is 0 Å². The number of halogens is 1. The Balaban J connectivity index is 1.78. The molecule has 0 unspecified atom stereocenters. The number of benzene rings is 1. The molecule has 0 spiro atoms. The Labute approximate surface area is 116 Å². The molecular weight excluding hydrogens is 261 g/mol. The second-order valence-corrected chi connectivity index (χ2v) is 5.72. The number of fused-ring (bicyclic) bond motifs is 2. The number of hydrogen-bond acceptors (Lipinski definition) is 2. The molecule has 4 nitrogen and oxygen atoms in total. The first-order chi connectivity index (χ1) is 9.56. The highest BCUT2D eigenvalue weighted by molar-refractivity contribution is 5.96. The predicted octanol–water partition coefficient (Wildman–Crippen LogP) is 2.51. The Morgan fingerprint density at radius 1 is 1.20 bits per heavy atom. The molecule has 20 heavy (non-hydrogen) atoms. The molecular formula is C15H16FNO3. The molecule has 2 saturated carbocycles. The van der Waals surface area contributed by atoms with Crippen LogP contribution in [0, 0.1) is 29.5 Å². The van der Waals surface area contributed by atoms with E-state index >= 15 is 0 Å². The average Bonchev–Trinajstić information content (AvgIpc) is 2.98. The Hall–Kier alpha value is -1.91. The number of nitrogens with one attached hydrogen (secondary N) is 1. The fourth-order valence-corrected chi connectivity index (χ4v) is 3.82. The van der Waals surface area contributed by atoms with Crippen molar-refractivity contribution in [2.24, 2.45) is 23.7 Å². The van der Waals surface area contributed by atoms with E-state index in [0.717, 1.165) is 19.3 Å². The van der Waals surface area contributed by atoms with Gasteiger partial charge in [-0.25, -0.2) is 4.39 Å². The molecule has 2 aliphatic rings. The molecule has 0 radical (unpaired) electrons. The fraction of sp³-hybridized carbons (Fsp3) is 0.467. The van der Waals surface area contributed by atoms with Crippen molar-refractivity contribution in [1.82, 2.24) is 0 Å². The van der Waals surface area contributed by atoms with E-state index < -0.39 is 23.6 Å². The van der Waals surface area contributed by atoms with Crippen LogP contribution in [0.2, 0.25) is 0 Å². The molecule has 1 aromatic carbocycles. The number of hydrogen-bond donors (Lipinski definition) is 2. The van der Waals surface area contributed by atoms with Crippen LogP contribution >= 0.6 is 0 Å². The predicted molar refractivity (Wildman–Crippen MR) is 70.5 cm³/mol. The molecule has 1 aromatic rings. The van der Waals surface area contributed by atoms with Crippen molar-refractivity contribution >= 4 is 17.6 Å². The number of carbonyl (C=O) groups is 2. The Bertz CT molecular complexity index is 560. The van der Waals surface area contributed by atoms with Crippen molar-refractivity contribution in [1.29, 1.82) is 0 Å². The Kier molecular flexibility index (Phi) is 3.20. The highest BCUT2D eigenvalue weighted by atomic mass is 19.1. The summed E-state index contributed by atoms with van der Waals surface area (Å²) in [4.78, 5) is 23.7. The summed E-state index contributed by atoms with van der Waals surface area (Å²) in [5, 5.41) is 12.0. The summed E-state index contributed by atoms with van der Waals surface area (Å²) < 4.78 is 13.1. The van der Waals surface area contributed by atoms with Crippen LogP contribution in [0.4, 0.5) is 10.1 Å². The van der Waals surface area contributed by atoms with Crippen LogP contribution in [0.15, 0.2) is 24.3 Å². The van der Waals surface area contributed by atoms with Gasteiger partial charge in [-0.2, -0.15) is 0 Å². The summed E-state index contributed by atoms with van der Waals surface area (Å²) in [7, 11) is 0. The zero-order chi connectivity index (χ0) is 14.3. The van der Waals surface area contributed by atoms with Crippen LogP contribution in [0.3, 0.4) is 0 Å². The molecule has 5 heteroatoms. The molecule has 0 aliphatic heterocycles. The first kappa shape index (κ1) is 13.1. The molecule has 2 fully saturated rings. The average molecular weight is 277 g/mol. The van der Waals surface area contributed by atoms with Gasteiger partial charge in [-0.05, 0) is 49.3 Å². The Morgan fingerprint density at radius 3 is 2.55 bits per heavy atom. The third-order valence-electron chi connectivity index (χ3n) is 4.60. The maximum atomic E-state index is 13.1. The van der Waals surface area contributed by atoms with Crippen LogP contribution < -0.4 is 5.32 Å². The lowest BCUT2D eigenvalue weighted by molar-refractivity contribution is -0.148. The highest BCUT2D eigenvalue weighted by Crippen LogP contribution is 2.52. The van der Waals surface area contributed by atoms with Crippen molar-refractivity contribution in [2.75, 3.05) is 5.32 Å². The maximum Gasteiger partial charge on any atom is 0.307 e. The molecule has 2 N–H and O–H groups in total. The van der Waals surface area contributed by atoms with E-state index in [9.17, 15) is 19.1 Å². The van der Waals surface area contributed by atoms with Crippen LogP contribution in [0.25, 0.3) is 0 Å². The van der Waals surface area contributed by atoms with Gasteiger partial charge in [-0.1, -0.05) is 6.07 Å². The maximum absolute atomic E-state index is 13.1. The van der Waals surface area contributed by atoms with Gasteiger partial charge in [0.25, 0.3) is 0 Å². The smallest absolute Gasteiger partial charge is 0.307 e. The van der Waals surface area contributed by atoms with Crippen LogP contribution in [0.1, 0.15) is 19.3 Å². The molecule has 106 valence electrons. The zero-order valence-electron chi connectivity index (χ0n) is 10.9. The fourth-order valence-electron chi connectivity index (χ4n) is 3.82. The molecule has 2 bridgehead atoms. The molecule has 1 amide bonds. The van der Waals surface area contributed by atoms with Gasteiger partial charge in [0.05, 0.1) is 11.8 Å². The summed E-state index contributed by atoms with van der Waals surface area (Å²) in [5.41, 5.74) is 0.377. The first-order valence-electron chi connectivity index (χ1n) is 6.85. The van der Waals surface area contributed by atoms with E-state index in [0.29, 0.717) is 5.69 Å². The van der Waals surface area contributed by atoms with Gasteiger partial charge in [-0.3, -0.25) is 9.59 Å². The van der Waals surface area contributed by atoms with Gasteiger partial charge in [0, 0.05) is 5.69 Å². The number of aliphatic carboxylic acids is 1. The summed E-state index contributed by atoms with van der Waals surface area (Å²) >= 11 is 0. The van der Waals surface area contributed by atoms with Gasteiger partial charge in [0.2, 0.25) is 5.91 Å². The monoisotopic (exact) mass is 277 g/mol. The number of carboxylic acid groups (broad SMARTS) is 1. The lowest BCUT2D eigenvalue weighted by Gasteiger charge is -2.27. The molecule has 4 atom stereocenters. The van der Waals surface area contributed by atoms with Crippen LogP contribution in [-0.4, -0.2) is 17.0 Å². The number of carboxylic acids is 1. The standard InChI is InChI=1S/C15H16FNO3/c16-10-2-1-3-11(7-10)17-14(18)12-8-4-5-9(6-8)13(12)15(19)20/h1-3,7-9,12-13H,4-6H2,(H,17,18)(H,19,20)/t8-,9-,12-,13-/m0/s1. The van der Waals surface area contributed by atoms with Crippen LogP contribution in [0.5, 0.6) is 0 Å². The molecule has 0 heterocycles. The lowest BCUT2D eigenvalue weighted by Crippen LogP contribution is -2.37. The zero-order valence-corrected chi connectivity index (χ0v) is 10.9. The summed E-state index contributed by atoms with van der Waals surface area (Å²) in [5.74, 6) is -2.44. The van der Waals surface area contributed by atoms with E-state index in [4.69, 9.17) is 0 Å². The van der Waals surface area contributed by atoms with E-state index in [-0.39, 0.29) is 17.7 Å². The summed E-state index contributed by atoms with van der Waals surface area (Å²) in [6.07, 6.45) is 2.62. The second-order valence-electron chi connectivity index (χ2n) is 5.72. The summed E-state index contributed by atoms with van der Waals surface area (Å²) in [6, 6.07) is 5.65. The number of carbonyl (C=O) groups excluding carboxylic acids is 1. The second kappa shape index (κ2) is 4.89. The van der Waals surface area contributed by atoms with Gasteiger partial charge >= 0.3 is 5.97 Å². The first-order valence-corrected chi connectivity index (χ1v) is 6.85. The normalized spacial score (nSPS) is 31.2. The van der Waals surface area contributed by atoms with Crippen molar-refractivity contribution in [3.05, 3.63) is 30.1 Å². The van der Waals surface area contributed by atoms with Gasteiger partial charge in [0.1, 0.15) is 5.82 Å². The van der Waals surface area contributed by atoms with Crippen molar-refractivity contribution in [3.8, 4) is 0 Å². The summed E-state index contributed by atoms with van der Waals surface area (Å²) in [6.45, 7) is 0. The quantitative estimate of drug-likeness (QED) is 0.892. The minimum Gasteiger partial charge on any atom is -0.481 e. The molecule has 2 aliphatic carbocycles. The molecule has 0 saturated heterocycles. The topological polar surface area (TPSA) is 66.4 Å². The van der Waals surface area contributed by atoms with Gasteiger partial charge < -0.3 is 10.4 Å². The lowest BCUT2D eigenvalue weighted by atomic mass is 9.78. The van der Waals surface area contributed by atoms with E-state index in [2.05, 4.69) is 5.32 Å². The van der Waals surface area contributed by atoms with Crippen molar-refractivity contribution < 1.29 is 19.1 Å². The van der Waals surface area contributed by atoms with E-state index in [1.165, 1.54) is 18.2 Å². The third kappa shape index (κ3) is 2.17. The Morgan fingerprint density at radius 2 is 1.90 bits per heavy atom. The van der Waals surface area contributed by atoms with Gasteiger partial charge in [-0.15, -0.1) is 0 Å². The van der Waals surface area contributed by atoms with E-state index in [1.807, 2.05) is 0 Å². The van der Waals surface area contributed by atoms with Crippen molar-refractivity contribution in [3.63, 3.8) is 0 Å². The highest BCUT2D eigenvalue weighted by Gasteiger charge is 2.53. The molecule has 3 rings (SSSR count). The number of rotatable bonds is 3. The third-order valence-corrected chi connectivity index (χ3v) is 4.60. The minimum atomic E-state index is -0.892. The largest absolute Gasteiger partial charge is 0.481 e. The SMILES string of the molecule is O=C(O)[C@H]1[C@H]2CC[C@@H](C2)[C@@H]1C(=O)Nc1cccc(F)c1. The van der Waals surface area contributed by atoms with Crippen LogP contribution in [-0.2, 0) is 9.59 Å². The minimum absolute atomic E-state index is 0.112. The molecule has 0 aromatic heterocycles. The van der Waals surface area contributed by atoms with E-state index in [1.54, 1.807) is 6.07 Å². The number of anilines is 1.